The van der Waals surface area contributed by atoms with Crippen molar-refractivity contribution in [1.82, 2.24) is 8.96 Å². The van der Waals surface area contributed by atoms with Crippen LogP contribution in [-0.4, -0.2) is 39.5 Å². The molecule has 1 saturated carbocycles. The number of nitrogens with zero attached hydrogens (tertiary/aromatic N) is 3. The standard InChI is InChI=1S/C17H16N4O5S/c22-12-8-11(9-12)19-16-14-6-7-20(17(14)18-10-15(16)21(23)24)27(25,26)13-4-2-1-3-5-13/h1-7,10-12,22H,8-9H2,(H,18,19). The summed E-state index contributed by atoms with van der Waals surface area (Å²) in [5, 5.41) is 24.2. The molecule has 0 atom stereocenters. The van der Waals surface area contributed by atoms with Crippen molar-refractivity contribution in [3.8, 4) is 0 Å². The minimum Gasteiger partial charge on any atom is -0.393 e. The monoisotopic (exact) mass is 388 g/mol. The van der Waals surface area contributed by atoms with Crippen molar-refractivity contribution in [2.45, 2.75) is 29.9 Å². The van der Waals surface area contributed by atoms with E-state index in [9.17, 15) is 23.6 Å². The topological polar surface area (TPSA) is 127 Å². The Kier molecular flexibility index (Phi) is 4.08. The van der Waals surface area contributed by atoms with Crippen molar-refractivity contribution in [2.24, 2.45) is 0 Å². The van der Waals surface area contributed by atoms with Gasteiger partial charge in [0, 0.05) is 12.2 Å². The van der Waals surface area contributed by atoms with Crippen LogP contribution < -0.4 is 5.32 Å². The van der Waals surface area contributed by atoms with Crippen LogP contribution in [0.5, 0.6) is 0 Å². The van der Waals surface area contributed by atoms with Gasteiger partial charge in [0.1, 0.15) is 11.9 Å². The average Bonchev–Trinajstić information content (AvgIpc) is 3.06. The number of hydrogen-bond acceptors (Lipinski definition) is 7. The molecule has 10 heteroatoms. The van der Waals surface area contributed by atoms with E-state index in [2.05, 4.69) is 10.3 Å². The quantitative estimate of drug-likeness (QED) is 0.506. The Morgan fingerprint density at radius 2 is 1.93 bits per heavy atom. The van der Waals surface area contributed by atoms with Crippen LogP contribution in [0.4, 0.5) is 11.4 Å². The molecule has 0 unspecified atom stereocenters. The minimum absolute atomic E-state index is 0.0966. The van der Waals surface area contributed by atoms with Crippen molar-refractivity contribution < 1.29 is 18.4 Å². The van der Waals surface area contributed by atoms with E-state index in [0.717, 1.165) is 10.2 Å². The second kappa shape index (κ2) is 6.32. The molecule has 1 aliphatic carbocycles. The van der Waals surface area contributed by atoms with Crippen LogP contribution in [0.25, 0.3) is 11.0 Å². The number of benzene rings is 1. The zero-order valence-electron chi connectivity index (χ0n) is 14.0. The van der Waals surface area contributed by atoms with Crippen LogP contribution in [-0.2, 0) is 10.0 Å². The van der Waals surface area contributed by atoms with E-state index in [0.29, 0.717) is 18.2 Å². The molecule has 0 saturated heterocycles. The first-order valence-corrected chi connectivity index (χ1v) is 9.71. The van der Waals surface area contributed by atoms with Crippen LogP contribution in [0, 0.1) is 10.1 Å². The zero-order valence-corrected chi connectivity index (χ0v) is 14.8. The van der Waals surface area contributed by atoms with Gasteiger partial charge in [0.2, 0.25) is 0 Å². The molecule has 1 fully saturated rings. The summed E-state index contributed by atoms with van der Waals surface area (Å²) >= 11 is 0. The summed E-state index contributed by atoms with van der Waals surface area (Å²) in [6.07, 6.45) is 2.91. The molecule has 1 aromatic carbocycles. The molecular formula is C17H16N4O5S. The van der Waals surface area contributed by atoms with E-state index >= 15 is 0 Å². The number of anilines is 1. The first kappa shape index (κ1) is 17.4. The highest BCUT2D eigenvalue weighted by atomic mass is 32.2. The maximum absolute atomic E-state index is 12.9. The molecule has 2 N–H and O–H groups in total. The molecule has 3 aromatic rings. The third kappa shape index (κ3) is 2.92. The summed E-state index contributed by atoms with van der Waals surface area (Å²) in [7, 11) is -3.88. The fraction of sp³-hybridized carbons (Fsp3) is 0.235. The number of fused-ring (bicyclic) bond motifs is 1. The Hall–Kier alpha value is -2.98. The predicted molar refractivity (Wildman–Crippen MR) is 98.1 cm³/mol. The smallest absolute Gasteiger partial charge is 0.311 e. The Morgan fingerprint density at radius 1 is 1.22 bits per heavy atom. The molecule has 1 aliphatic rings. The second-order valence-electron chi connectivity index (χ2n) is 6.41. The van der Waals surface area contributed by atoms with Gasteiger partial charge >= 0.3 is 5.69 Å². The van der Waals surface area contributed by atoms with Crippen molar-refractivity contribution in [3.63, 3.8) is 0 Å². The summed E-state index contributed by atoms with van der Waals surface area (Å²) < 4.78 is 26.8. The molecule has 4 rings (SSSR count). The summed E-state index contributed by atoms with van der Waals surface area (Å²) in [6, 6.07) is 9.27. The number of nitrogens with one attached hydrogen (secondary N) is 1. The highest BCUT2D eigenvalue weighted by Crippen LogP contribution is 2.36. The van der Waals surface area contributed by atoms with Gasteiger partial charge in [0.15, 0.2) is 5.65 Å². The van der Waals surface area contributed by atoms with Gasteiger partial charge in [-0.15, -0.1) is 0 Å². The van der Waals surface area contributed by atoms with Crippen LogP contribution in [0.1, 0.15) is 12.8 Å². The molecule has 0 bridgehead atoms. The molecule has 27 heavy (non-hydrogen) atoms. The Balaban J connectivity index is 1.85. The van der Waals surface area contributed by atoms with Crippen molar-refractivity contribution in [1.29, 1.82) is 0 Å². The zero-order chi connectivity index (χ0) is 19.2. The highest BCUT2D eigenvalue weighted by Gasteiger charge is 2.31. The number of aliphatic hydroxyl groups is 1. The van der Waals surface area contributed by atoms with E-state index in [1.165, 1.54) is 24.4 Å². The highest BCUT2D eigenvalue weighted by molar-refractivity contribution is 7.90. The lowest BCUT2D eigenvalue weighted by atomic mass is 9.89. The number of hydrogen-bond donors (Lipinski definition) is 2. The van der Waals surface area contributed by atoms with Crippen LogP contribution in [0.15, 0.2) is 53.7 Å². The van der Waals surface area contributed by atoms with Crippen LogP contribution in [0.2, 0.25) is 0 Å². The molecule has 0 aliphatic heterocycles. The van der Waals surface area contributed by atoms with E-state index < -0.39 is 21.1 Å². The average molecular weight is 388 g/mol. The summed E-state index contributed by atoms with van der Waals surface area (Å²) in [5.74, 6) is 0. The van der Waals surface area contributed by atoms with Gasteiger partial charge < -0.3 is 10.4 Å². The number of rotatable bonds is 5. The summed E-state index contributed by atoms with van der Waals surface area (Å²) in [6.45, 7) is 0. The lowest BCUT2D eigenvalue weighted by molar-refractivity contribution is -0.384. The van der Waals surface area contributed by atoms with Crippen LogP contribution in [0.3, 0.4) is 0 Å². The fourth-order valence-corrected chi connectivity index (χ4v) is 4.47. The van der Waals surface area contributed by atoms with Gasteiger partial charge in [-0.05, 0) is 31.0 Å². The van der Waals surface area contributed by atoms with E-state index in [1.54, 1.807) is 18.2 Å². The molecule has 0 amide bonds. The third-order valence-corrected chi connectivity index (χ3v) is 6.30. The second-order valence-corrected chi connectivity index (χ2v) is 8.22. The first-order chi connectivity index (χ1) is 12.9. The summed E-state index contributed by atoms with van der Waals surface area (Å²) in [4.78, 5) is 15.0. The van der Waals surface area contributed by atoms with E-state index in [4.69, 9.17) is 0 Å². The van der Waals surface area contributed by atoms with Gasteiger partial charge in [-0.25, -0.2) is 17.4 Å². The third-order valence-electron chi connectivity index (χ3n) is 4.62. The first-order valence-electron chi connectivity index (χ1n) is 8.27. The number of pyridine rings is 1. The van der Waals surface area contributed by atoms with Crippen molar-refractivity contribution >= 4 is 32.4 Å². The predicted octanol–water partition coefficient (Wildman–Crippen LogP) is 2.12. The lowest BCUT2D eigenvalue weighted by Gasteiger charge is -2.32. The molecular weight excluding hydrogens is 372 g/mol. The van der Waals surface area contributed by atoms with Crippen molar-refractivity contribution in [2.75, 3.05) is 5.32 Å². The maximum atomic E-state index is 12.9. The normalized spacial score (nSPS) is 19.6. The maximum Gasteiger partial charge on any atom is 0.311 e. The summed E-state index contributed by atoms with van der Waals surface area (Å²) in [5.41, 5.74) is 0.0782. The van der Waals surface area contributed by atoms with E-state index in [1.807, 2.05) is 0 Å². The largest absolute Gasteiger partial charge is 0.393 e. The minimum atomic E-state index is -3.88. The Labute approximate surface area is 154 Å². The van der Waals surface area contributed by atoms with Gasteiger partial charge in [-0.1, -0.05) is 18.2 Å². The Bertz CT molecular complexity index is 1120. The number of aliphatic hydroxyl groups excluding tert-OH is 1. The van der Waals surface area contributed by atoms with Gasteiger partial charge in [-0.2, -0.15) is 0 Å². The van der Waals surface area contributed by atoms with Gasteiger partial charge in [0.25, 0.3) is 10.0 Å². The molecule has 2 heterocycles. The molecule has 140 valence electrons. The van der Waals surface area contributed by atoms with Gasteiger partial charge in [-0.3, -0.25) is 10.1 Å². The lowest BCUT2D eigenvalue weighted by Crippen LogP contribution is -2.39. The van der Waals surface area contributed by atoms with Crippen LogP contribution >= 0.6 is 0 Å². The molecule has 0 spiro atoms. The van der Waals surface area contributed by atoms with Gasteiger partial charge in [0.05, 0.1) is 21.3 Å². The molecule has 2 aromatic heterocycles. The van der Waals surface area contributed by atoms with E-state index in [-0.39, 0.29) is 28.0 Å². The number of aromatic nitrogens is 2. The molecule has 9 nitrogen and oxygen atoms in total. The molecule has 0 radical (unpaired) electrons. The number of nitro groups is 1. The SMILES string of the molecule is O=[N+]([O-])c1cnc2c(ccn2S(=O)(=O)c2ccccc2)c1NC1CC(O)C1. The fourth-order valence-electron chi connectivity index (χ4n) is 3.15. The van der Waals surface area contributed by atoms with Crippen molar-refractivity contribution in [3.05, 3.63) is 58.9 Å². The Morgan fingerprint density at radius 3 is 2.56 bits per heavy atom.